The first kappa shape index (κ1) is 9.15. The summed E-state index contributed by atoms with van der Waals surface area (Å²) in [7, 11) is 0. The molecule has 4 saturated carbocycles. The van der Waals surface area contributed by atoms with Crippen molar-refractivity contribution in [2.45, 2.75) is 32.1 Å². The van der Waals surface area contributed by atoms with Crippen LogP contribution >= 0.6 is 0 Å². The van der Waals surface area contributed by atoms with E-state index in [1.54, 1.807) is 12.0 Å². The summed E-state index contributed by atoms with van der Waals surface area (Å²) in [6.45, 7) is 0. The molecule has 0 atom stereocenters. The van der Waals surface area contributed by atoms with Crippen molar-refractivity contribution in [2.75, 3.05) is 0 Å². The highest BCUT2D eigenvalue weighted by Crippen LogP contribution is 2.59. The van der Waals surface area contributed by atoms with E-state index in [0.29, 0.717) is 0 Å². The normalized spacial score (nSPS) is 40.4. The van der Waals surface area contributed by atoms with Crippen LogP contribution in [0.15, 0.2) is 30.3 Å². The maximum absolute atomic E-state index is 2.33. The third-order valence-corrected chi connectivity index (χ3v) is 5.12. The maximum atomic E-state index is 2.33. The summed E-state index contributed by atoms with van der Waals surface area (Å²) in [4.78, 5) is 0. The van der Waals surface area contributed by atoms with Crippen LogP contribution in [-0.2, 0) is 0 Å². The molecule has 82 valence electrons. The smallest absolute Gasteiger partial charge is 0.0473 e. The van der Waals surface area contributed by atoms with Crippen molar-refractivity contribution in [3.63, 3.8) is 0 Å². The molecule has 4 bridgehead atoms. The minimum Gasteiger partial charge on any atom is -0.0473 e. The van der Waals surface area contributed by atoms with E-state index in [9.17, 15) is 0 Å². The van der Waals surface area contributed by atoms with Crippen molar-refractivity contribution >= 4 is 0 Å². The van der Waals surface area contributed by atoms with Gasteiger partial charge in [0.15, 0.2) is 0 Å². The largest absolute Gasteiger partial charge is 0.133 e. The lowest BCUT2D eigenvalue weighted by Gasteiger charge is -2.51. The molecule has 0 nitrogen and oxygen atoms in total. The molecule has 4 fully saturated rings. The van der Waals surface area contributed by atoms with Crippen LogP contribution in [0.4, 0.5) is 0 Å². The van der Waals surface area contributed by atoms with Crippen LogP contribution in [0.3, 0.4) is 0 Å². The minimum atomic E-state index is 0.943. The van der Waals surface area contributed by atoms with Crippen LogP contribution in [0.1, 0.15) is 37.7 Å². The highest BCUT2D eigenvalue weighted by atomic mass is 14.5. The first-order valence-electron chi connectivity index (χ1n) is 6.82. The van der Waals surface area contributed by atoms with E-state index < -0.39 is 0 Å². The lowest BCUT2D eigenvalue weighted by molar-refractivity contribution is 0.0481. The van der Waals surface area contributed by atoms with Gasteiger partial charge in [0.1, 0.15) is 5.56 Å². The molecular formula is C16H19+. The second-order valence-corrected chi connectivity index (χ2v) is 6.13. The summed E-state index contributed by atoms with van der Waals surface area (Å²) in [5.41, 5.74) is 1.55. The van der Waals surface area contributed by atoms with Crippen LogP contribution in [0.5, 0.6) is 0 Å². The molecular weight excluding hydrogens is 192 g/mol. The monoisotopic (exact) mass is 211 g/mol. The van der Waals surface area contributed by atoms with E-state index in [1.807, 2.05) is 5.92 Å². The molecule has 0 amide bonds. The molecule has 4 aliphatic carbocycles. The average molecular weight is 211 g/mol. The fourth-order valence-electron chi connectivity index (χ4n) is 4.79. The van der Waals surface area contributed by atoms with Gasteiger partial charge >= 0.3 is 0 Å². The third-order valence-electron chi connectivity index (χ3n) is 5.12. The van der Waals surface area contributed by atoms with Gasteiger partial charge in [-0.2, -0.15) is 0 Å². The Morgan fingerprint density at radius 1 is 0.750 bits per heavy atom. The molecule has 0 aromatic heterocycles. The van der Waals surface area contributed by atoms with Crippen molar-refractivity contribution in [3.05, 3.63) is 41.8 Å². The Bertz CT molecular complexity index is 350. The fraction of sp³-hybridized carbons (Fsp3) is 0.562. The van der Waals surface area contributed by atoms with E-state index in [4.69, 9.17) is 0 Å². The van der Waals surface area contributed by atoms with Crippen molar-refractivity contribution in [1.29, 1.82) is 0 Å². The lowest BCUT2D eigenvalue weighted by Crippen LogP contribution is -2.44. The van der Waals surface area contributed by atoms with Gasteiger partial charge in [-0.3, -0.25) is 0 Å². The molecule has 0 N–H and O–H groups in total. The van der Waals surface area contributed by atoms with Crippen molar-refractivity contribution in [1.82, 2.24) is 0 Å². The molecule has 0 spiro atoms. The van der Waals surface area contributed by atoms with Gasteiger partial charge in [0.05, 0.1) is 0 Å². The second kappa shape index (κ2) is 3.29. The van der Waals surface area contributed by atoms with Crippen LogP contribution in [-0.4, -0.2) is 0 Å². The van der Waals surface area contributed by atoms with Crippen LogP contribution in [0.2, 0.25) is 0 Å². The van der Waals surface area contributed by atoms with E-state index in [1.165, 1.54) is 25.7 Å². The van der Waals surface area contributed by atoms with Gasteiger partial charge in [0, 0.05) is 29.9 Å². The molecule has 0 heterocycles. The Kier molecular flexibility index (Phi) is 1.88. The second-order valence-electron chi connectivity index (χ2n) is 6.13. The first-order chi connectivity index (χ1) is 7.90. The minimum absolute atomic E-state index is 0.943. The standard InChI is InChI=1S/C16H19/c1-2-4-13(5-3-1)16-14-7-11-6-12(9-14)10-15(16)8-11/h1-5,11-12,14-15H,6-10H2/q+1. The van der Waals surface area contributed by atoms with E-state index >= 15 is 0 Å². The van der Waals surface area contributed by atoms with Gasteiger partial charge in [-0.25, -0.2) is 0 Å². The van der Waals surface area contributed by atoms with Gasteiger partial charge < -0.3 is 0 Å². The van der Waals surface area contributed by atoms with Crippen LogP contribution in [0.25, 0.3) is 0 Å². The Balaban J connectivity index is 1.70. The van der Waals surface area contributed by atoms with Gasteiger partial charge in [-0.15, -0.1) is 0 Å². The quantitative estimate of drug-likeness (QED) is 0.614. The zero-order valence-corrected chi connectivity index (χ0v) is 9.73. The number of benzene rings is 1. The number of hydrogen-bond donors (Lipinski definition) is 0. The summed E-state index contributed by atoms with van der Waals surface area (Å²) in [6, 6.07) is 11.2. The average Bonchev–Trinajstić information content (AvgIpc) is 2.29. The zero-order valence-electron chi connectivity index (χ0n) is 9.73. The summed E-state index contributed by atoms with van der Waals surface area (Å²) < 4.78 is 0. The molecule has 0 heteroatoms. The highest BCUT2D eigenvalue weighted by Gasteiger charge is 2.52. The molecule has 0 unspecified atom stereocenters. The SMILES string of the molecule is c1ccc([C+]2C3CC4CC(C3)CC2C4)cc1. The van der Waals surface area contributed by atoms with Crippen molar-refractivity contribution in [2.24, 2.45) is 23.7 Å². The van der Waals surface area contributed by atoms with Gasteiger partial charge in [-0.05, 0) is 62.1 Å². The molecule has 16 heavy (non-hydrogen) atoms. The molecule has 0 saturated heterocycles. The molecule has 1 aromatic rings. The molecule has 1 aromatic carbocycles. The number of hydrogen-bond acceptors (Lipinski definition) is 0. The summed E-state index contributed by atoms with van der Waals surface area (Å²) in [5.74, 6) is 5.87. The Hall–Kier alpha value is -0.910. The maximum Gasteiger partial charge on any atom is 0.133 e. The van der Waals surface area contributed by atoms with E-state index in [2.05, 4.69) is 30.3 Å². The van der Waals surface area contributed by atoms with Crippen LogP contribution in [0, 0.1) is 29.6 Å². The Morgan fingerprint density at radius 2 is 1.31 bits per heavy atom. The topological polar surface area (TPSA) is 0 Å². The predicted molar refractivity (Wildman–Crippen MR) is 65.8 cm³/mol. The molecule has 0 radical (unpaired) electrons. The van der Waals surface area contributed by atoms with Gasteiger partial charge in [-0.1, -0.05) is 0 Å². The lowest BCUT2D eigenvalue weighted by atomic mass is 9.51. The molecule has 5 rings (SSSR count). The van der Waals surface area contributed by atoms with Crippen molar-refractivity contribution in [3.8, 4) is 0 Å². The van der Waals surface area contributed by atoms with E-state index in [0.717, 1.165) is 23.7 Å². The van der Waals surface area contributed by atoms with Gasteiger partial charge in [0.2, 0.25) is 0 Å². The predicted octanol–water partition coefficient (Wildman–Crippen LogP) is 4.07. The Morgan fingerprint density at radius 3 is 1.88 bits per heavy atom. The molecule has 0 aliphatic heterocycles. The van der Waals surface area contributed by atoms with Crippen LogP contribution < -0.4 is 0 Å². The van der Waals surface area contributed by atoms with Gasteiger partial charge in [0.25, 0.3) is 0 Å². The first-order valence-corrected chi connectivity index (χ1v) is 6.82. The third kappa shape index (κ3) is 1.25. The summed E-state index contributed by atoms with van der Waals surface area (Å²) in [6.07, 6.45) is 7.54. The van der Waals surface area contributed by atoms with E-state index in [-0.39, 0.29) is 0 Å². The summed E-state index contributed by atoms with van der Waals surface area (Å²) in [5, 5.41) is 0. The summed E-state index contributed by atoms with van der Waals surface area (Å²) >= 11 is 0. The molecule has 4 aliphatic rings. The fourth-order valence-corrected chi connectivity index (χ4v) is 4.79. The number of rotatable bonds is 1. The Labute approximate surface area is 98.1 Å². The zero-order chi connectivity index (χ0) is 10.5. The van der Waals surface area contributed by atoms with Crippen molar-refractivity contribution < 1.29 is 0 Å². The highest BCUT2D eigenvalue weighted by molar-refractivity contribution is 5.36.